The number of benzene rings is 1. The molecule has 0 bridgehead atoms. The van der Waals surface area contributed by atoms with Crippen molar-refractivity contribution in [1.82, 2.24) is 0 Å². The van der Waals surface area contributed by atoms with E-state index in [0.717, 1.165) is 18.5 Å². The van der Waals surface area contributed by atoms with Crippen LogP contribution >= 0.6 is 0 Å². The largest absolute Gasteiger partial charge is 0.478 e. The van der Waals surface area contributed by atoms with Gasteiger partial charge >= 0.3 is 5.97 Å². The third-order valence-electron chi connectivity index (χ3n) is 3.66. The second-order valence-electron chi connectivity index (χ2n) is 4.95. The van der Waals surface area contributed by atoms with E-state index >= 15 is 0 Å². The molecule has 0 spiro atoms. The molecule has 1 aromatic rings. The van der Waals surface area contributed by atoms with Crippen molar-refractivity contribution in [2.75, 3.05) is 5.43 Å². The van der Waals surface area contributed by atoms with Crippen LogP contribution in [0.3, 0.4) is 0 Å². The molecule has 4 nitrogen and oxygen atoms in total. The topological polar surface area (TPSA) is 61.7 Å². The van der Waals surface area contributed by atoms with Gasteiger partial charge in [-0.15, -0.1) is 0 Å². The molecule has 1 unspecified atom stereocenters. The van der Waals surface area contributed by atoms with Crippen molar-refractivity contribution in [2.45, 2.75) is 39.0 Å². The highest BCUT2D eigenvalue weighted by Gasteiger charge is 2.18. The van der Waals surface area contributed by atoms with Crippen LogP contribution in [0.1, 0.15) is 49.4 Å². The summed E-state index contributed by atoms with van der Waals surface area (Å²) < 4.78 is 0. The Hall–Kier alpha value is -1.84. The molecule has 1 fully saturated rings. The standard InChI is InChI=1S/C15H20N2O2/c1-2-11-5-3-4-6-14(11)17-16-13-9-7-12(8-10-13)15(18)19/h7-11,16H,2-6H2,1H3,(H,18,19). The molecule has 0 heterocycles. The van der Waals surface area contributed by atoms with Gasteiger partial charge in [0, 0.05) is 5.71 Å². The zero-order valence-electron chi connectivity index (χ0n) is 11.2. The number of anilines is 1. The van der Waals surface area contributed by atoms with Crippen molar-refractivity contribution in [3.8, 4) is 0 Å². The van der Waals surface area contributed by atoms with E-state index in [1.165, 1.54) is 25.0 Å². The third-order valence-corrected chi connectivity index (χ3v) is 3.66. The molecule has 1 aliphatic rings. The van der Waals surface area contributed by atoms with E-state index in [9.17, 15) is 4.79 Å². The first kappa shape index (κ1) is 13.6. The predicted molar refractivity (Wildman–Crippen MR) is 76.7 cm³/mol. The van der Waals surface area contributed by atoms with Gasteiger partial charge in [0.2, 0.25) is 0 Å². The van der Waals surface area contributed by atoms with Gasteiger partial charge in [0.1, 0.15) is 0 Å². The van der Waals surface area contributed by atoms with Crippen LogP contribution < -0.4 is 5.43 Å². The number of carboxylic acid groups (broad SMARTS) is 1. The molecular weight excluding hydrogens is 240 g/mol. The number of hydrazone groups is 1. The molecule has 1 saturated carbocycles. The fraction of sp³-hybridized carbons (Fsp3) is 0.467. The van der Waals surface area contributed by atoms with Crippen molar-refractivity contribution in [3.63, 3.8) is 0 Å². The number of nitrogens with zero attached hydrogens (tertiary/aromatic N) is 1. The number of nitrogens with one attached hydrogen (secondary N) is 1. The Morgan fingerprint density at radius 2 is 2.11 bits per heavy atom. The monoisotopic (exact) mass is 260 g/mol. The third kappa shape index (κ3) is 3.56. The minimum absolute atomic E-state index is 0.294. The summed E-state index contributed by atoms with van der Waals surface area (Å²) in [4.78, 5) is 10.8. The summed E-state index contributed by atoms with van der Waals surface area (Å²) >= 11 is 0. The van der Waals surface area contributed by atoms with E-state index in [0.29, 0.717) is 11.5 Å². The van der Waals surface area contributed by atoms with Crippen molar-refractivity contribution in [2.24, 2.45) is 11.0 Å². The number of hydrogen-bond donors (Lipinski definition) is 2. The normalized spacial score (nSPS) is 21.3. The zero-order valence-corrected chi connectivity index (χ0v) is 11.2. The zero-order chi connectivity index (χ0) is 13.7. The summed E-state index contributed by atoms with van der Waals surface area (Å²) in [5.41, 5.74) is 5.41. The van der Waals surface area contributed by atoms with Crippen LogP contribution in [0.4, 0.5) is 5.69 Å². The second kappa shape index (κ2) is 6.36. The predicted octanol–water partition coefficient (Wildman–Crippen LogP) is 3.75. The van der Waals surface area contributed by atoms with E-state index in [1.807, 2.05) is 0 Å². The number of aromatic carboxylic acids is 1. The van der Waals surface area contributed by atoms with Crippen molar-refractivity contribution >= 4 is 17.4 Å². The van der Waals surface area contributed by atoms with Gasteiger partial charge in [-0.3, -0.25) is 5.43 Å². The van der Waals surface area contributed by atoms with E-state index in [2.05, 4.69) is 17.5 Å². The van der Waals surface area contributed by atoms with E-state index in [4.69, 9.17) is 5.11 Å². The molecule has 0 amide bonds. The van der Waals surface area contributed by atoms with Crippen molar-refractivity contribution in [3.05, 3.63) is 29.8 Å². The first-order valence-corrected chi connectivity index (χ1v) is 6.86. The Labute approximate surface area is 113 Å². The fourth-order valence-electron chi connectivity index (χ4n) is 2.48. The average Bonchev–Trinajstić information content (AvgIpc) is 2.45. The number of carboxylic acids is 1. The minimum Gasteiger partial charge on any atom is -0.478 e. The summed E-state index contributed by atoms with van der Waals surface area (Å²) in [6.45, 7) is 2.20. The highest BCUT2D eigenvalue weighted by Crippen LogP contribution is 2.24. The van der Waals surface area contributed by atoms with Crippen LogP contribution in [0.2, 0.25) is 0 Å². The lowest BCUT2D eigenvalue weighted by Gasteiger charge is -2.22. The molecular formula is C15H20N2O2. The number of carbonyl (C=O) groups is 1. The van der Waals surface area contributed by atoms with Crippen LogP contribution in [0, 0.1) is 5.92 Å². The summed E-state index contributed by atoms with van der Waals surface area (Å²) in [6, 6.07) is 6.67. The van der Waals surface area contributed by atoms with E-state index in [-0.39, 0.29) is 0 Å². The van der Waals surface area contributed by atoms with Crippen LogP contribution in [0.5, 0.6) is 0 Å². The second-order valence-corrected chi connectivity index (χ2v) is 4.95. The number of hydrogen-bond acceptors (Lipinski definition) is 3. The Morgan fingerprint density at radius 3 is 2.74 bits per heavy atom. The van der Waals surface area contributed by atoms with Crippen molar-refractivity contribution < 1.29 is 9.90 Å². The molecule has 19 heavy (non-hydrogen) atoms. The molecule has 0 aliphatic heterocycles. The van der Waals surface area contributed by atoms with Gasteiger partial charge < -0.3 is 5.11 Å². The van der Waals surface area contributed by atoms with Gasteiger partial charge in [-0.05, 0) is 55.9 Å². The Kier molecular flexibility index (Phi) is 4.55. The molecule has 4 heteroatoms. The molecule has 2 N–H and O–H groups in total. The Balaban J connectivity index is 2.02. The SMILES string of the molecule is CCC1CCCCC1=NNc1ccc(C(=O)O)cc1. The molecule has 1 aliphatic carbocycles. The summed E-state index contributed by atoms with van der Waals surface area (Å²) in [7, 11) is 0. The lowest BCUT2D eigenvalue weighted by molar-refractivity contribution is 0.0697. The quantitative estimate of drug-likeness (QED) is 0.810. The molecule has 102 valence electrons. The molecule has 1 aromatic carbocycles. The maximum absolute atomic E-state index is 10.8. The maximum atomic E-state index is 10.8. The van der Waals surface area contributed by atoms with E-state index < -0.39 is 5.97 Å². The molecule has 1 atom stereocenters. The lowest BCUT2D eigenvalue weighted by Crippen LogP contribution is -2.19. The smallest absolute Gasteiger partial charge is 0.335 e. The van der Waals surface area contributed by atoms with Crippen LogP contribution in [-0.2, 0) is 0 Å². The first-order chi connectivity index (χ1) is 9.20. The van der Waals surface area contributed by atoms with Gasteiger partial charge in [-0.2, -0.15) is 5.10 Å². The lowest BCUT2D eigenvalue weighted by atomic mass is 9.86. The summed E-state index contributed by atoms with van der Waals surface area (Å²) in [5.74, 6) is -0.310. The van der Waals surface area contributed by atoms with Crippen LogP contribution in [0.15, 0.2) is 29.4 Å². The summed E-state index contributed by atoms with van der Waals surface area (Å²) in [6.07, 6.45) is 5.95. The van der Waals surface area contributed by atoms with Gasteiger partial charge in [0.25, 0.3) is 0 Å². The minimum atomic E-state index is -0.906. The van der Waals surface area contributed by atoms with Gasteiger partial charge in [-0.1, -0.05) is 13.3 Å². The highest BCUT2D eigenvalue weighted by atomic mass is 16.4. The molecule has 0 aromatic heterocycles. The fourth-order valence-corrected chi connectivity index (χ4v) is 2.48. The molecule has 0 radical (unpaired) electrons. The van der Waals surface area contributed by atoms with Crippen LogP contribution in [-0.4, -0.2) is 16.8 Å². The Morgan fingerprint density at radius 1 is 1.37 bits per heavy atom. The maximum Gasteiger partial charge on any atom is 0.335 e. The van der Waals surface area contributed by atoms with Crippen LogP contribution in [0.25, 0.3) is 0 Å². The molecule has 0 saturated heterocycles. The Bertz CT molecular complexity index is 466. The van der Waals surface area contributed by atoms with E-state index in [1.54, 1.807) is 24.3 Å². The first-order valence-electron chi connectivity index (χ1n) is 6.86. The van der Waals surface area contributed by atoms with Gasteiger partial charge in [0.05, 0.1) is 11.3 Å². The van der Waals surface area contributed by atoms with Crippen molar-refractivity contribution in [1.29, 1.82) is 0 Å². The highest BCUT2D eigenvalue weighted by molar-refractivity contribution is 5.89. The van der Waals surface area contributed by atoms with Gasteiger partial charge in [0.15, 0.2) is 0 Å². The summed E-state index contributed by atoms with van der Waals surface area (Å²) in [5, 5.41) is 13.3. The number of rotatable bonds is 4. The molecule has 2 rings (SSSR count). The van der Waals surface area contributed by atoms with Gasteiger partial charge in [-0.25, -0.2) is 4.79 Å². The average molecular weight is 260 g/mol.